The van der Waals surface area contributed by atoms with Crippen LogP contribution in [0.25, 0.3) is 11.3 Å². The minimum atomic E-state index is 0.289. The second-order valence-corrected chi connectivity index (χ2v) is 4.82. The first-order chi connectivity index (χ1) is 8.75. The van der Waals surface area contributed by atoms with E-state index < -0.39 is 0 Å². The molecular weight excluding hydrogens is 224 g/mol. The van der Waals surface area contributed by atoms with E-state index in [1.165, 1.54) is 24.8 Å². The van der Waals surface area contributed by atoms with Crippen molar-refractivity contribution in [2.24, 2.45) is 0 Å². The number of nitrogens with two attached hydrogens (primary N) is 1. The number of nitrogens with zero attached hydrogens (tertiary/aromatic N) is 1. The fraction of sp³-hybridized carbons (Fsp3) is 0.267. The summed E-state index contributed by atoms with van der Waals surface area (Å²) in [5.41, 5.74) is 8.52. The van der Waals surface area contributed by atoms with Gasteiger partial charge in [-0.1, -0.05) is 24.6 Å². The number of rotatable bonds is 2. The molecule has 3 heteroatoms. The van der Waals surface area contributed by atoms with E-state index in [4.69, 9.17) is 5.73 Å². The van der Waals surface area contributed by atoms with E-state index in [1.54, 1.807) is 12.1 Å². The Morgan fingerprint density at radius 3 is 2.56 bits per heavy atom. The molecule has 92 valence electrons. The van der Waals surface area contributed by atoms with Gasteiger partial charge in [-0.25, -0.2) is 4.98 Å². The van der Waals surface area contributed by atoms with E-state index in [1.807, 2.05) is 18.2 Å². The highest BCUT2D eigenvalue weighted by molar-refractivity contribution is 5.72. The van der Waals surface area contributed by atoms with Gasteiger partial charge in [-0.3, -0.25) is 0 Å². The van der Waals surface area contributed by atoms with Crippen LogP contribution >= 0.6 is 0 Å². The molecule has 2 aromatic rings. The van der Waals surface area contributed by atoms with Crippen LogP contribution in [0.2, 0.25) is 0 Å². The van der Waals surface area contributed by atoms with E-state index in [2.05, 4.69) is 11.1 Å². The lowest BCUT2D eigenvalue weighted by Gasteiger charge is -2.28. The minimum absolute atomic E-state index is 0.289. The van der Waals surface area contributed by atoms with Gasteiger partial charge in [0.25, 0.3) is 0 Å². The molecule has 1 saturated carbocycles. The quantitative estimate of drug-likeness (QED) is 0.846. The van der Waals surface area contributed by atoms with E-state index >= 15 is 0 Å². The Labute approximate surface area is 106 Å². The topological polar surface area (TPSA) is 59.1 Å². The Balaban J connectivity index is 2.14. The number of hydrogen-bond donors (Lipinski definition) is 2. The van der Waals surface area contributed by atoms with Crippen molar-refractivity contribution in [3.63, 3.8) is 0 Å². The number of phenols is 1. The van der Waals surface area contributed by atoms with Gasteiger partial charge in [0.1, 0.15) is 11.6 Å². The van der Waals surface area contributed by atoms with Crippen LogP contribution in [0.1, 0.15) is 30.7 Å². The molecule has 0 aliphatic heterocycles. The highest BCUT2D eigenvalue weighted by Crippen LogP contribution is 2.43. The van der Waals surface area contributed by atoms with Gasteiger partial charge < -0.3 is 10.8 Å². The van der Waals surface area contributed by atoms with Crippen molar-refractivity contribution in [3.8, 4) is 17.0 Å². The number of hydrogen-bond acceptors (Lipinski definition) is 3. The number of aromatic hydroxyl groups is 1. The number of phenolic OH excluding ortho intramolecular Hbond substituents is 1. The third-order valence-electron chi connectivity index (χ3n) is 3.65. The van der Waals surface area contributed by atoms with Crippen LogP contribution in [0, 0.1) is 0 Å². The standard InChI is InChI=1S/C15H16N2O/c16-14-9-3-7-12(17-14)15-11(10-4-1-5-10)6-2-8-13(15)18/h2-3,6-10,18H,1,4-5H2,(H2,16,17). The Morgan fingerprint density at radius 2 is 1.89 bits per heavy atom. The predicted molar refractivity (Wildman–Crippen MR) is 72.3 cm³/mol. The number of pyridine rings is 1. The average Bonchev–Trinajstić information content (AvgIpc) is 2.26. The number of benzene rings is 1. The van der Waals surface area contributed by atoms with Crippen LogP contribution in [0.4, 0.5) is 5.82 Å². The molecule has 0 saturated heterocycles. The van der Waals surface area contributed by atoms with Gasteiger partial charge in [-0.2, -0.15) is 0 Å². The molecule has 3 rings (SSSR count). The molecule has 1 aromatic heterocycles. The van der Waals surface area contributed by atoms with Crippen LogP contribution in [0.3, 0.4) is 0 Å². The molecule has 0 amide bonds. The second-order valence-electron chi connectivity index (χ2n) is 4.82. The summed E-state index contributed by atoms with van der Waals surface area (Å²) >= 11 is 0. The lowest BCUT2D eigenvalue weighted by molar-refractivity contribution is 0.417. The second kappa shape index (κ2) is 4.33. The van der Waals surface area contributed by atoms with Crippen molar-refractivity contribution >= 4 is 5.82 Å². The van der Waals surface area contributed by atoms with Gasteiger partial charge in [0.05, 0.1) is 5.69 Å². The SMILES string of the molecule is Nc1cccc(-c2c(O)cccc2C2CCC2)n1. The van der Waals surface area contributed by atoms with Crippen LogP contribution in [-0.4, -0.2) is 10.1 Å². The summed E-state index contributed by atoms with van der Waals surface area (Å²) in [6.45, 7) is 0. The molecule has 1 aromatic carbocycles. The van der Waals surface area contributed by atoms with Crippen molar-refractivity contribution in [2.75, 3.05) is 5.73 Å². The Bertz CT molecular complexity index is 576. The van der Waals surface area contributed by atoms with E-state index in [-0.39, 0.29) is 5.75 Å². The third-order valence-corrected chi connectivity index (χ3v) is 3.65. The highest BCUT2D eigenvalue weighted by atomic mass is 16.3. The van der Waals surface area contributed by atoms with E-state index in [9.17, 15) is 5.11 Å². The molecule has 0 spiro atoms. The van der Waals surface area contributed by atoms with E-state index in [0.29, 0.717) is 11.7 Å². The monoisotopic (exact) mass is 240 g/mol. The molecule has 18 heavy (non-hydrogen) atoms. The first-order valence-electron chi connectivity index (χ1n) is 6.30. The first-order valence-corrected chi connectivity index (χ1v) is 6.30. The summed E-state index contributed by atoms with van der Waals surface area (Å²) in [6, 6.07) is 11.2. The summed E-state index contributed by atoms with van der Waals surface area (Å²) in [7, 11) is 0. The van der Waals surface area contributed by atoms with Crippen molar-refractivity contribution in [2.45, 2.75) is 25.2 Å². The summed E-state index contributed by atoms with van der Waals surface area (Å²) < 4.78 is 0. The van der Waals surface area contributed by atoms with Crippen LogP contribution in [0.5, 0.6) is 5.75 Å². The fourth-order valence-corrected chi connectivity index (χ4v) is 2.49. The van der Waals surface area contributed by atoms with Gasteiger partial charge in [-0.05, 0) is 42.5 Å². The smallest absolute Gasteiger partial charge is 0.125 e. The zero-order valence-corrected chi connectivity index (χ0v) is 10.1. The molecule has 1 aliphatic rings. The summed E-state index contributed by atoms with van der Waals surface area (Å²) in [5, 5.41) is 10.1. The lowest BCUT2D eigenvalue weighted by Crippen LogP contribution is -2.10. The maximum Gasteiger partial charge on any atom is 0.125 e. The average molecular weight is 240 g/mol. The fourth-order valence-electron chi connectivity index (χ4n) is 2.49. The molecule has 1 heterocycles. The Hall–Kier alpha value is -2.03. The maximum absolute atomic E-state index is 10.1. The zero-order valence-electron chi connectivity index (χ0n) is 10.1. The normalized spacial score (nSPS) is 15.3. The van der Waals surface area contributed by atoms with Gasteiger partial charge in [-0.15, -0.1) is 0 Å². The van der Waals surface area contributed by atoms with Gasteiger partial charge >= 0.3 is 0 Å². The van der Waals surface area contributed by atoms with Crippen LogP contribution < -0.4 is 5.73 Å². The number of anilines is 1. The molecule has 0 unspecified atom stereocenters. The molecule has 3 nitrogen and oxygen atoms in total. The lowest BCUT2D eigenvalue weighted by atomic mass is 9.77. The Kier molecular flexibility index (Phi) is 2.67. The van der Waals surface area contributed by atoms with Gasteiger partial charge in [0.2, 0.25) is 0 Å². The predicted octanol–water partition coefficient (Wildman–Crippen LogP) is 3.30. The molecule has 0 bridgehead atoms. The number of nitrogen functional groups attached to an aromatic ring is 1. The zero-order chi connectivity index (χ0) is 12.5. The molecule has 0 atom stereocenters. The van der Waals surface area contributed by atoms with Crippen molar-refractivity contribution in [3.05, 3.63) is 42.0 Å². The summed E-state index contributed by atoms with van der Waals surface area (Å²) in [6.07, 6.45) is 3.65. The first kappa shape index (κ1) is 11.1. The maximum atomic E-state index is 10.1. The van der Waals surface area contributed by atoms with Crippen molar-refractivity contribution < 1.29 is 5.11 Å². The Morgan fingerprint density at radius 1 is 1.11 bits per heavy atom. The summed E-state index contributed by atoms with van der Waals surface area (Å²) in [5.74, 6) is 1.32. The van der Waals surface area contributed by atoms with Gasteiger partial charge in [0.15, 0.2) is 0 Å². The minimum Gasteiger partial charge on any atom is -0.507 e. The molecule has 1 fully saturated rings. The summed E-state index contributed by atoms with van der Waals surface area (Å²) in [4.78, 5) is 4.32. The van der Waals surface area contributed by atoms with Crippen LogP contribution in [0.15, 0.2) is 36.4 Å². The van der Waals surface area contributed by atoms with Crippen molar-refractivity contribution in [1.82, 2.24) is 4.98 Å². The largest absolute Gasteiger partial charge is 0.507 e. The number of aromatic nitrogens is 1. The molecular formula is C15H16N2O. The van der Waals surface area contributed by atoms with Crippen LogP contribution in [-0.2, 0) is 0 Å². The van der Waals surface area contributed by atoms with Crippen molar-refractivity contribution in [1.29, 1.82) is 0 Å². The van der Waals surface area contributed by atoms with Gasteiger partial charge in [0, 0.05) is 5.56 Å². The van der Waals surface area contributed by atoms with E-state index in [0.717, 1.165) is 11.3 Å². The molecule has 0 radical (unpaired) electrons. The third kappa shape index (κ3) is 1.82. The highest BCUT2D eigenvalue weighted by Gasteiger charge is 2.24. The molecule has 3 N–H and O–H groups in total. The molecule has 1 aliphatic carbocycles.